The third-order valence-corrected chi connectivity index (χ3v) is 4.27. The highest BCUT2D eigenvalue weighted by atomic mass is 79.9. The van der Waals surface area contributed by atoms with E-state index in [-0.39, 0.29) is 34.1 Å². The molecular weight excluding hydrogens is 511 g/mol. The summed E-state index contributed by atoms with van der Waals surface area (Å²) in [6, 6.07) is 3.04. The molecule has 178 valence electrons. The Morgan fingerprint density at radius 3 is 2.41 bits per heavy atom. The van der Waals surface area contributed by atoms with Gasteiger partial charge in [-0.2, -0.15) is 18.2 Å². The number of hydrogen-bond donors (Lipinski definition) is 3. The second-order valence-electron chi connectivity index (χ2n) is 6.37. The smallest absolute Gasteiger partial charge is 0.475 e. The van der Waals surface area contributed by atoms with Crippen molar-refractivity contribution in [2.45, 2.75) is 32.7 Å². The lowest BCUT2D eigenvalue weighted by Crippen LogP contribution is -2.29. The van der Waals surface area contributed by atoms with Crippen molar-refractivity contribution in [3.05, 3.63) is 50.2 Å². The van der Waals surface area contributed by atoms with Crippen molar-refractivity contribution >= 4 is 27.8 Å². The van der Waals surface area contributed by atoms with E-state index in [1.165, 1.54) is 10.6 Å². The molecule has 0 saturated heterocycles. The summed E-state index contributed by atoms with van der Waals surface area (Å²) in [6.45, 7) is 4.28. The van der Waals surface area contributed by atoms with Gasteiger partial charge in [-0.05, 0) is 41.9 Å². The summed E-state index contributed by atoms with van der Waals surface area (Å²) >= 11 is 3.18. The van der Waals surface area contributed by atoms with Crippen molar-refractivity contribution in [3.8, 4) is 5.88 Å². The van der Waals surface area contributed by atoms with Gasteiger partial charge in [-0.3, -0.25) is 9.36 Å². The molecule has 0 spiro atoms. The van der Waals surface area contributed by atoms with Gasteiger partial charge in [0.25, 0.3) is 5.56 Å². The minimum Gasteiger partial charge on any atom is -0.475 e. The van der Waals surface area contributed by atoms with Gasteiger partial charge in [0.2, 0.25) is 11.8 Å². The van der Waals surface area contributed by atoms with Crippen molar-refractivity contribution < 1.29 is 36.6 Å². The van der Waals surface area contributed by atoms with Crippen LogP contribution in [0.1, 0.15) is 25.5 Å². The Morgan fingerprint density at radius 1 is 1.34 bits per heavy atom. The molecule has 2 aromatic rings. The fraction of sp³-hybridized carbons (Fsp3) is 0.389. The molecule has 1 aromatic carbocycles. The molecule has 0 aliphatic heterocycles. The highest BCUT2D eigenvalue weighted by Gasteiger charge is 2.38. The third-order valence-electron chi connectivity index (χ3n) is 3.60. The van der Waals surface area contributed by atoms with Crippen LogP contribution in [0.5, 0.6) is 5.88 Å². The number of nitrogens with one attached hydrogen (secondary N) is 1. The van der Waals surface area contributed by atoms with E-state index in [4.69, 9.17) is 20.4 Å². The van der Waals surface area contributed by atoms with Gasteiger partial charge < -0.3 is 20.9 Å². The zero-order valence-corrected chi connectivity index (χ0v) is 18.4. The number of hydrogen-bond acceptors (Lipinski definition) is 6. The van der Waals surface area contributed by atoms with E-state index >= 15 is 0 Å². The van der Waals surface area contributed by atoms with Crippen LogP contribution in [-0.4, -0.2) is 39.9 Å². The molecule has 0 saturated carbocycles. The highest BCUT2D eigenvalue weighted by molar-refractivity contribution is 9.10. The molecule has 1 aromatic heterocycles. The summed E-state index contributed by atoms with van der Waals surface area (Å²) in [5.41, 5.74) is 5.30. The van der Waals surface area contributed by atoms with Crippen LogP contribution in [0.15, 0.2) is 27.5 Å². The van der Waals surface area contributed by atoms with Crippen molar-refractivity contribution in [1.29, 1.82) is 0 Å². The van der Waals surface area contributed by atoms with E-state index in [0.717, 1.165) is 12.1 Å². The summed E-state index contributed by atoms with van der Waals surface area (Å²) < 4.78 is 65.5. The van der Waals surface area contributed by atoms with E-state index in [0.29, 0.717) is 19.0 Å². The number of halogens is 6. The minimum atomic E-state index is -5.08. The molecule has 8 nitrogen and oxygen atoms in total. The maximum Gasteiger partial charge on any atom is 0.490 e. The maximum atomic E-state index is 13.7. The molecule has 0 atom stereocenters. The first-order chi connectivity index (χ1) is 14.8. The molecule has 0 aliphatic carbocycles. The van der Waals surface area contributed by atoms with Crippen molar-refractivity contribution in [3.63, 3.8) is 0 Å². The average molecular weight is 531 g/mol. The van der Waals surface area contributed by atoms with Crippen LogP contribution in [0.25, 0.3) is 0 Å². The van der Waals surface area contributed by atoms with Crippen LogP contribution in [-0.2, 0) is 11.4 Å². The van der Waals surface area contributed by atoms with Crippen LogP contribution in [0, 0.1) is 11.6 Å². The maximum absolute atomic E-state index is 13.7. The van der Waals surface area contributed by atoms with Crippen molar-refractivity contribution in [1.82, 2.24) is 9.55 Å². The van der Waals surface area contributed by atoms with Gasteiger partial charge in [0.15, 0.2) is 0 Å². The number of rotatable bonds is 7. The molecule has 4 N–H and O–H groups in total. The van der Waals surface area contributed by atoms with E-state index in [2.05, 4.69) is 26.2 Å². The van der Waals surface area contributed by atoms with Gasteiger partial charge in [0.1, 0.15) is 22.7 Å². The van der Waals surface area contributed by atoms with E-state index in [1.54, 1.807) is 0 Å². The minimum absolute atomic E-state index is 0.0187. The first-order valence-corrected chi connectivity index (χ1v) is 9.71. The summed E-state index contributed by atoms with van der Waals surface area (Å²) in [4.78, 5) is 25.7. The molecule has 0 unspecified atom stereocenters. The Balaban J connectivity index is 0.000000633. The van der Waals surface area contributed by atoms with Gasteiger partial charge in [-0.25, -0.2) is 13.6 Å². The standard InChI is InChI=1S/C16H19BrF2N4O2.C2HF3O2/c1-9(2)23-15(24)13(17)14(22-16(23)21-6-5-20)25-8-10-3-4-11(18)7-12(10)19;3-2(4,5)1(6)7/h3-4,7,9H,5-6,8,20H2,1-2H3,(H,21,22);(H,6,7). The number of nitrogens with zero attached hydrogens (tertiary/aromatic N) is 2. The summed E-state index contributed by atoms with van der Waals surface area (Å²) in [5, 5.41) is 10.1. The molecule has 14 heteroatoms. The molecule has 1 heterocycles. The largest absolute Gasteiger partial charge is 0.490 e. The first-order valence-electron chi connectivity index (χ1n) is 8.92. The number of aliphatic carboxylic acids is 1. The quantitative estimate of drug-likeness (QED) is 0.469. The summed E-state index contributed by atoms with van der Waals surface area (Å²) in [6.07, 6.45) is -5.08. The van der Waals surface area contributed by atoms with Gasteiger partial charge >= 0.3 is 12.1 Å². The number of benzene rings is 1. The number of carboxylic acid groups (broad SMARTS) is 1. The lowest BCUT2D eigenvalue weighted by Gasteiger charge is -2.18. The lowest BCUT2D eigenvalue weighted by molar-refractivity contribution is -0.192. The van der Waals surface area contributed by atoms with Crippen molar-refractivity contribution in [2.75, 3.05) is 18.4 Å². The zero-order valence-electron chi connectivity index (χ0n) is 16.8. The average Bonchev–Trinajstić information content (AvgIpc) is 2.68. The number of carbonyl (C=O) groups is 1. The SMILES string of the molecule is CC(C)n1c(NCCN)nc(OCc2ccc(F)cc2F)c(Br)c1=O.O=C(O)C(F)(F)F. The topological polar surface area (TPSA) is 119 Å². The lowest BCUT2D eigenvalue weighted by atomic mass is 10.2. The van der Waals surface area contributed by atoms with Crippen molar-refractivity contribution in [2.24, 2.45) is 5.73 Å². The number of carboxylic acids is 1. The van der Waals surface area contributed by atoms with Crippen LogP contribution in [0.3, 0.4) is 0 Å². The third kappa shape index (κ3) is 7.75. The number of aromatic nitrogens is 2. The second kappa shape index (κ2) is 11.8. The van der Waals surface area contributed by atoms with Gasteiger partial charge in [0.05, 0.1) is 0 Å². The number of ether oxygens (including phenoxy) is 1. The predicted molar refractivity (Wildman–Crippen MR) is 109 cm³/mol. The Kier molecular flexibility index (Phi) is 10.0. The van der Waals surface area contributed by atoms with Crippen LogP contribution in [0.2, 0.25) is 0 Å². The Morgan fingerprint density at radius 2 is 1.94 bits per heavy atom. The van der Waals surface area contributed by atoms with Crippen LogP contribution in [0.4, 0.5) is 27.9 Å². The normalized spacial score (nSPS) is 11.1. The zero-order chi connectivity index (χ0) is 24.6. The fourth-order valence-corrected chi connectivity index (χ4v) is 2.55. The molecule has 32 heavy (non-hydrogen) atoms. The van der Waals surface area contributed by atoms with E-state index in [9.17, 15) is 26.7 Å². The van der Waals surface area contributed by atoms with E-state index in [1.807, 2.05) is 13.8 Å². The summed E-state index contributed by atoms with van der Waals surface area (Å²) in [7, 11) is 0. The number of nitrogens with two attached hydrogens (primary N) is 1. The Hall–Kier alpha value is -2.74. The molecule has 0 radical (unpaired) electrons. The van der Waals surface area contributed by atoms with Gasteiger partial charge in [-0.15, -0.1) is 0 Å². The van der Waals surface area contributed by atoms with E-state index < -0.39 is 23.8 Å². The fourth-order valence-electron chi connectivity index (χ4n) is 2.16. The predicted octanol–water partition coefficient (Wildman–Crippen LogP) is 3.45. The Labute approximate surface area is 187 Å². The number of anilines is 1. The highest BCUT2D eigenvalue weighted by Crippen LogP contribution is 2.24. The van der Waals surface area contributed by atoms with Crippen LogP contribution >= 0.6 is 15.9 Å². The molecule has 2 rings (SSSR count). The first kappa shape index (κ1) is 27.3. The molecule has 0 bridgehead atoms. The van der Waals surface area contributed by atoms with Crippen LogP contribution < -0.4 is 21.3 Å². The molecule has 0 aliphatic rings. The monoisotopic (exact) mass is 530 g/mol. The number of alkyl halides is 3. The molecular formula is C18H20BrF5N4O4. The van der Waals surface area contributed by atoms with Gasteiger partial charge in [0, 0.05) is 30.8 Å². The second-order valence-corrected chi connectivity index (χ2v) is 7.16. The summed E-state index contributed by atoms with van der Waals surface area (Å²) in [5.74, 6) is -3.83. The van der Waals surface area contributed by atoms with Gasteiger partial charge in [-0.1, -0.05) is 0 Å². The molecule has 0 fully saturated rings. The molecule has 0 amide bonds. The Bertz CT molecular complexity index is 999.